The maximum absolute atomic E-state index is 11.1. The lowest BCUT2D eigenvalue weighted by molar-refractivity contribution is 0.112. The molecule has 0 N–H and O–H groups in total. The van der Waals surface area contributed by atoms with Crippen molar-refractivity contribution in [3.63, 3.8) is 0 Å². The first kappa shape index (κ1) is 13.8. The molecule has 2 aromatic rings. The van der Waals surface area contributed by atoms with Crippen molar-refractivity contribution in [1.29, 1.82) is 0 Å². The van der Waals surface area contributed by atoms with Gasteiger partial charge in [0.25, 0.3) is 0 Å². The smallest absolute Gasteiger partial charge is 0.153 e. The van der Waals surface area contributed by atoms with Crippen molar-refractivity contribution in [2.45, 2.75) is 20.8 Å². The van der Waals surface area contributed by atoms with Gasteiger partial charge in [-0.25, -0.2) is 0 Å². The first-order chi connectivity index (χ1) is 9.01. The molecule has 98 valence electrons. The molecule has 0 saturated heterocycles. The Hall–Kier alpha value is -1.61. The Morgan fingerprint density at radius 3 is 2.26 bits per heavy atom. The zero-order chi connectivity index (χ0) is 14.0. The van der Waals surface area contributed by atoms with Gasteiger partial charge in [0.2, 0.25) is 0 Å². The van der Waals surface area contributed by atoms with E-state index in [0.717, 1.165) is 33.2 Å². The third-order valence-electron chi connectivity index (χ3n) is 2.93. The molecule has 0 saturated carbocycles. The standard InChI is InChI=1S/C16H15BrO2/c1-10-4-5-15(13(6-10)9-18)19-14-7-11(2)16(17)12(3)8-14/h4-9H,1-3H3. The highest BCUT2D eigenvalue weighted by Gasteiger charge is 2.07. The van der Waals surface area contributed by atoms with Gasteiger partial charge in [0.1, 0.15) is 11.5 Å². The molecule has 3 heteroatoms. The molecule has 0 bridgehead atoms. The van der Waals surface area contributed by atoms with E-state index in [2.05, 4.69) is 15.9 Å². The maximum Gasteiger partial charge on any atom is 0.153 e. The summed E-state index contributed by atoms with van der Waals surface area (Å²) in [5.74, 6) is 1.33. The van der Waals surface area contributed by atoms with E-state index < -0.39 is 0 Å². The molecule has 2 aromatic carbocycles. The third-order valence-corrected chi connectivity index (χ3v) is 4.18. The minimum absolute atomic E-state index is 0.568. The average molecular weight is 319 g/mol. The second-order valence-corrected chi connectivity index (χ2v) is 5.43. The summed E-state index contributed by atoms with van der Waals surface area (Å²) >= 11 is 3.52. The third kappa shape index (κ3) is 3.04. The van der Waals surface area contributed by atoms with Crippen LogP contribution in [-0.2, 0) is 0 Å². The van der Waals surface area contributed by atoms with Crippen LogP contribution in [-0.4, -0.2) is 6.29 Å². The largest absolute Gasteiger partial charge is 0.457 e. The lowest BCUT2D eigenvalue weighted by atomic mass is 10.1. The molecule has 0 aliphatic heterocycles. The molecule has 0 radical (unpaired) electrons. The van der Waals surface area contributed by atoms with Crippen molar-refractivity contribution in [3.8, 4) is 11.5 Å². The van der Waals surface area contributed by atoms with Crippen molar-refractivity contribution < 1.29 is 9.53 Å². The number of benzene rings is 2. The van der Waals surface area contributed by atoms with Crippen molar-refractivity contribution in [3.05, 3.63) is 57.1 Å². The molecule has 2 nitrogen and oxygen atoms in total. The lowest BCUT2D eigenvalue weighted by Crippen LogP contribution is -1.93. The van der Waals surface area contributed by atoms with E-state index in [4.69, 9.17) is 4.74 Å². The fourth-order valence-corrected chi connectivity index (χ4v) is 2.17. The zero-order valence-corrected chi connectivity index (χ0v) is 12.7. The highest BCUT2D eigenvalue weighted by atomic mass is 79.9. The number of ether oxygens (including phenoxy) is 1. The van der Waals surface area contributed by atoms with E-state index in [9.17, 15) is 4.79 Å². The number of aryl methyl sites for hydroxylation is 3. The van der Waals surface area contributed by atoms with Crippen molar-refractivity contribution in [2.75, 3.05) is 0 Å². The minimum atomic E-state index is 0.568. The first-order valence-corrected chi connectivity index (χ1v) is 6.81. The number of carbonyl (C=O) groups excluding carboxylic acids is 1. The van der Waals surface area contributed by atoms with Gasteiger partial charge in [0.05, 0.1) is 5.56 Å². The molecule has 0 atom stereocenters. The van der Waals surface area contributed by atoms with Crippen LogP contribution < -0.4 is 4.74 Å². The SMILES string of the molecule is Cc1ccc(Oc2cc(C)c(Br)c(C)c2)c(C=O)c1. The van der Waals surface area contributed by atoms with Gasteiger partial charge in [-0.1, -0.05) is 27.6 Å². The lowest BCUT2D eigenvalue weighted by Gasteiger charge is -2.11. The highest BCUT2D eigenvalue weighted by Crippen LogP contribution is 2.30. The quantitative estimate of drug-likeness (QED) is 0.746. The molecular weight excluding hydrogens is 304 g/mol. The van der Waals surface area contributed by atoms with E-state index >= 15 is 0 Å². The Kier molecular flexibility index (Phi) is 4.05. The normalized spacial score (nSPS) is 10.3. The fraction of sp³-hybridized carbons (Fsp3) is 0.188. The van der Waals surface area contributed by atoms with E-state index in [1.807, 2.05) is 51.1 Å². The topological polar surface area (TPSA) is 26.3 Å². The van der Waals surface area contributed by atoms with Crippen LogP contribution in [0.4, 0.5) is 0 Å². The molecule has 0 aliphatic rings. The Bertz CT molecular complexity index is 610. The molecule has 0 unspecified atom stereocenters. The van der Waals surface area contributed by atoms with Gasteiger partial charge < -0.3 is 4.74 Å². The molecule has 0 amide bonds. The summed E-state index contributed by atoms with van der Waals surface area (Å²) in [6.45, 7) is 5.98. The van der Waals surface area contributed by atoms with Crippen LogP contribution in [0.1, 0.15) is 27.0 Å². The van der Waals surface area contributed by atoms with Crippen LogP contribution in [0, 0.1) is 20.8 Å². The fourth-order valence-electron chi connectivity index (χ4n) is 1.94. The van der Waals surface area contributed by atoms with Crippen LogP contribution in [0.3, 0.4) is 0 Å². The minimum Gasteiger partial charge on any atom is -0.457 e. The van der Waals surface area contributed by atoms with Gasteiger partial charge in [-0.15, -0.1) is 0 Å². The number of aldehydes is 1. The number of hydrogen-bond donors (Lipinski definition) is 0. The number of carbonyl (C=O) groups is 1. The van der Waals surface area contributed by atoms with Gasteiger partial charge in [-0.05, 0) is 56.2 Å². The van der Waals surface area contributed by atoms with E-state index in [-0.39, 0.29) is 0 Å². The molecule has 0 aromatic heterocycles. The summed E-state index contributed by atoms with van der Waals surface area (Å²) in [5.41, 5.74) is 3.82. The average Bonchev–Trinajstić information content (AvgIpc) is 2.38. The molecule has 0 fully saturated rings. The number of halogens is 1. The summed E-state index contributed by atoms with van der Waals surface area (Å²) < 4.78 is 6.90. The first-order valence-electron chi connectivity index (χ1n) is 6.01. The molecule has 0 heterocycles. The van der Waals surface area contributed by atoms with Crippen LogP contribution in [0.2, 0.25) is 0 Å². The van der Waals surface area contributed by atoms with E-state index in [1.54, 1.807) is 0 Å². The monoisotopic (exact) mass is 318 g/mol. The van der Waals surface area contributed by atoms with Crippen LogP contribution >= 0.6 is 15.9 Å². The summed E-state index contributed by atoms with van der Waals surface area (Å²) in [4.78, 5) is 11.1. The van der Waals surface area contributed by atoms with E-state index in [1.165, 1.54) is 0 Å². The second-order valence-electron chi connectivity index (χ2n) is 4.63. The molecule has 19 heavy (non-hydrogen) atoms. The predicted molar refractivity (Wildman–Crippen MR) is 80.3 cm³/mol. The Labute approximate surface area is 121 Å². The summed E-state index contributed by atoms with van der Waals surface area (Å²) in [7, 11) is 0. The zero-order valence-electron chi connectivity index (χ0n) is 11.2. The highest BCUT2D eigenvalue weighted by molar-refractivity contribution is 9.10. The molecule has 2 rings (SSSR count). The molecular formula is C16H15BrO2. The van der Waals surface area contributed by atoms with Crippen molar-refractivity contribution in [2.24, 2.45) is 0 Å². The molecule has 0 spiro atoms. The second kappa shape index (κ2) is 5.57. The van der Waals surface area contributed by atoms with Crippen molar-refractivity contribution >= 4 is 22.2 Å². The predicted octanol–water partition coefficient (Wildman–Crippen LogP) is 4.98. The number of hydrogen-bond acceptors (Lipinski definition) is 2. The molecule has 0 aliphatic carbocycles. The van der Waals surface area contributed by atoms with Gasteiger partial charge in [0.15, 0.2) is 6.29 Å². The van der Waals surface area contributed by atoms with Crippen LogP contribution in [0.25, 0.3) is 0 Å². The Morgan fingerprint density at radius 2 is 1.68 bits per heavy atom. The van der Waals surface area contributed by atoms with Gasteiger partial charge in [0, 0.05) is 4.47 Å². The Balaban J connectivity index is 2.39. The summed E-state index contributed by atoms with van der Waals surface area (Å²) in [6, 6.07) is 9.48. The Morgan fingerprint density at radius 1 is 1.05 bits per heavy atom. The van der Waals surface area contributed by atoms with Crippen molar-refractivity contribution in [1.82, 2.24) is 0 Å². The van der Waals surface area contributed by atoms with Gasteiger partial charge >= 0.3 is 0 Å². The summed E-state index contributed by atoms with van der Waals surface area (Å²) in [6.07, 6.45) is 0.820. The van der Waals surface area contributed by atoms with Crippen LogP contribution in [0.5, 0.6) is 11.5 Å². The van der Waals surface area contributed by atoms with Gasteiger partial charge in [-0.3, -0.25) is 4.79 Å². The maximum atomic E-state index is 11.1. The van der Waals surface area contributed by atoms with Gasteiger partial charge in [-0.2, -0.15) is 0 Å². The summed E-state index contributed by atoms with van der Waals surface area (Å²) in [5, 5.41) is 0. The number of rotatable bonds is 3. The van der Waals surface area contributed by atoms with E-state index in [0.29, 0.717) is 11.3 Å². The van der Waals surface area contributed by atoms with Crippen LogP contribution in [0.15, 0.2) is 34.8 Å².